The van der Waals surface area contributed by atoms with Crippen LogP contribution in [0.15, 0.2) is 0 Å². The van der Waals surface area contributed by atoms with Crippen LogP contribution in [-0.4, -0.2) is 54.6 Å². The molecule has 1 aliphatic heterocycles. The van der Waals surface area contributed by atoms with Gasteiger partial charge in [-0.1, -0.05) is 20.3 Å². The summed E-state index contributed by atoms with van der Waals surface area (Å²) in [5, 5.41) is 0. The van der Waals surface area contributed by atoms with Crippen molar-refractivity contribution in [2.24, 2.45) is 17.6 Å². The molecule has 4 atom stereocenters. The second-order valence-corrected chi connectivity index (χ2v) is 6.45. The molecule has 1 saturated heterocycles. The van der Waals surface area contributed by atoms with E-state index in [2.05, 4.69) is 30.6 Å². The zero-order chi connectivity index (χ0) is 13.1. The molecule has 0 bridgehead atoms. The lowest BCUT2D eigenvalue weighted by molar-refractivity contribution is 0.0163. The average molecular weight is 253 g/mol. The maximum atomic E-state index is 6.00. The van der Waals surface area contributed by atoms with E-state index in [0.29, 0.717) is 6.04 Å². The second kappa shape index (κ2) is 6.36. The van der Waals surface area contributed by atoms with Crippen LogP contribution in [0, 0.1) is 11.8 Å². The van der Waals surface area contributed by atoms with Crippen LogP contribution >= 0.6 is 0 Å². The molecule has 18 heavy (non-hydrogen) atoms. The van der Waals surface area contributed by atoms with E-state index < -0.39 is 0 Å². The Labute approximate surface area is 113 Å². The molecule has 0 aromatic rings. The van der Waals surface area contributed by atoms with E-state index in [1.54, 1.807) is 0 Å². The molecule has 1 aliphatic carbocycles. The number of nitrogens with zero attached hydrogens (tertiary/aromatic N) is 2. The highest BCUT2D eigenvalue weighted by Crippen LogP contribution is 2.32. The van der Waals surface area contributed by atoms with Gasteiger partial charge < -0.3 is 5.73 Å². The molecule has 3 heteroatoms. The maximum Gasteiger partial charge on any atom is 0.0195 e. The van der Waals surface area contributed by atoms with Gasteiger partial charge in [0.05, 0.1) is 0 Å². The van der Waals surface area contributed by atoms with Crippen molar-refractivity contribution in [3.05, 3.63) is 0 Å². The Balaban J connectivity index is 1.97. The first-order valence-corrected chi connectivity index (χ1v) is 7.83. The van der Waals surface area contributed by atoms with E-state index in [-0.39, 0.29) is 0 Å². The van der Waals surface area contributed by atoms with Gasteiger partial charge in [0, 0.05) is 31.7 Å². The molecular weight excluding hydrogens is 222 g/mol. The first-order chi connectivity index (χ1) is 8.65. The third kappa shape index (κ3) is 3.06. The number of piperazine rings is 1. The van der Waals surface area contributed by atoms with Crippen LogP contribution in [0.25, 0.3) is 0 Å². The number of hydrogen-bond acceptors (Lipinski definition) is 3. The van der Waals surface area contributed by atoms with E-state index in [1.165, 1.54) is 45.4 Å². The number of rotatable bonds is 3. The summed E-state index contributed by atoms with van der Waals surface area (Å²) in [6, 6.07) is 1.46. The molecule has 2 fully saturated rings. The minimum absolute atomic E-state index is 0.708. The van der Waals surface area contributed by atoms with Crippen molar-refractivity contribution in [1.82, 2.24) is 9.80 Å². The van der Waals surface area contributed by atoms with Gasteiger partial charge in [0.15, 0.2) is 0 Å². The maximum absolute atomic E-state index is 6.00. The lowest BCUT2D eigenvalue weighted by atomic mass is 9.78. The molecule has 2 aliphatic rings. The molecule has 0 amide bonds. The van der Waals surface area contributed by atoms with Gasteiger partial charge in [-0.2, -0.15) is 0 Å². The van der Waals surface area contributed by atoms with Gasteiger partial charge in [-0.15, -0.1) is 0 Å². The molecule has 0 radical (unpaired) electrons. The first kappa shape index (κ1) is 14.3. The molecule has 2 rings (SSSR count). The summed E-state index contributed by atoms with van der Waals surface area (Å²) in [4.78, 5) is 5.34. The average Bonchev–Trinajstić information content (AvgIpc) is 2.38. The fraction of sp³-hybridized carbons (Fsp3) is 1.00. The third-order valence-corrected chi connectivity index (χ3v) is 5.19. The van der Waals surface area contributed by atoms with Crippen LogP contribution in [0.2, 0.25) is 0 Å². The largest absolute Gasteiger partial charge is 0.330 e. The Bertz CT molecular complexity index is 256. The Morgan fingerprint density at radius 3 is 2.56 bits per heavy atom. The molecule has 4 unspecified atom stereocenters. The van der Waals surface area contributed by atoms with Crippen molar-refractivity contribution in [2.45, 2.75) is 52.1 Å². The van der Waals surface area contributed by atoms with Gasteiger partial charge in [-0.25, -0.2) is 0 Å². The van der Waals surface area contributed by atoms with E-state index in [0.717, 1.165) is 24.4 Å². The smallest absolute Gasteiger partial charge is 0.0195 e. The van der Waals surface area contributed by atoms with Gasteiger partial charge in [0.2, 0.25) is 0 Å². The van der Waals surface area contributed by atoms with E-state index in [1.807, 2.05) is 0 Å². The standard InChI is InChI=1S/C15H31N3/c1-4-17-7-8-18(11-13(17)3)15-9-12(2)5-6-14(15)10-16/h12-15H,4-11,16H2,1-3H3. The Hall–Kier alpha value is -0.120. The highest BCUT2D eigenvalue weighted by Gasteiger charge is 2.35. The first-order valence-electron chi connectivity index (χ1n) is 7.83. The highest BCUT2D eigenvalue weighted by atomic mass is 15.3. The van der Waals surface area contributed by atoms with Gasteiger partial charge >= 0.3 is 0 Å². The molecule has 106 valence electrons. The molecule has 0 spiro atoms. The molecule has 0 aromatic carbocycles. The van der Waals surface area contributed by atoms with E-state index in [9.17, 15) is 0 Å². The summed E-state index contributed by atoms with van der Waals surface area (Å²) >= 11 is 0. The van der Waals surface area contributed by atoms with Crippen molar-refractivity contribution in [3.8, 4) is 0 Å². The van der Waals surface area contributed by atoms with Crippen molar-refractivity contribution >= 4 is 0 Å². The minimum Gasteiger partial charge on any atom is -0.330 e. The lowest BCUT2D eigenvalue weighted by Gasteiger charge is -2.47. The van der Waals surface area contributed by atoms with Gasteiger partial charge in [0.1, 0.15) is 0 Å². The van der Waals surface area contributed by atoms with E-state index in [4.69, 9.17) is 5.73 Å². The number of likely N-dealkylation sites (N-methyl/N-ethyl adjacent to an activating group) is 1. The van der Waals surface area contributed by atoms with Crippen molar-refractivity contribution in [3.63, 3.8) is 0 Å². The summed E-state index contributed by atoms with van der Waals surface area (Å²) in [5.74, 6) is 1.62. The molecule has 2 N–H and O–H groups in total. The summed E-state index contributed by atoms with van der Waals surface area (Å²) in [7, 11) is 0. The lowest BCUT2D eigenvalue weighted by Crippen LogP contribution is -2.57. The van der Waals surface area contributed by atoms with E-state index >= 15 is 0 Å². The summed E-state index contributed by atoms with van der Waals surface area (Å²) in [5.41, 5.74) is 6.00. The number of hydrogen-bond donors (Lipinski definition) is 1. The van der Waals surface area contributed by atoms with Crippen LogP contribution in [0.3, 0.4) is 0 Å². The Kier molecular flexibility index (Phi) is 5.05. The second-order valence-electron chi connectivity index (χ2n) is 6.45. The fourth-order valence-corrected chi connectivity index (χ4v) is 3.93. The highest BCUT2D eigenvalue weighted by molar-refractivity contribution is 4.90. The summed E-state index contributed by atoms with van der Waals surface area (Å²) in [6.45, 7) is 12.8. The fourth-order valence-electron chi connectivity index (χ4n) is 3.93. The SMILES string of the molecule is CCN1CCN(C2CC(C)CCC2CN)CC1C. The van der Waals surface area contributed by atoms with Crippen LogP contribution in [-0.2, 0) is 0 Å². The van der Waals surface area contributed by atoms with Gasteiger partial charge in [-0.05, 0) is 44.7 Å². The molecule has 1 saturated carbocycles. The third-order valence-electron chi connectivity index (χ3n) is 5.19. The van der Waals surface area contributed by atoms with Crippen LogP contribution < -0.4 is 5.73 Å². The Morgan fingerprint density at radius 1 is 1.17 bits per heavy atom. The predicted octanol–water partition coefficient (Wildman–Crippen LogP) is 1.78. The van der Waals surface area contributed by atoms with Crippen LogP contribution in [0.1, 0.15) is 40.0 Å². The quantitative estimate of drug-likeness (QED) is 0.832. The molecule has 0 aromatic heterocycles. The summed E-state index contributed by atoms with van der Waals surface area (Å²) in [6.07, 6.45) is 4.08. The molecule has 3 nitrogen and oxygen atoms in total. The van der Waals surface area contributed by atoms with Crippen LogP contribution in [0.4, 0.5) is 0 Å². The zero-order valence-electron chi connectivity index (χ0n) is 12.4. The van der Waals surface area contributed by atoms with Crippen LogP contribution in [0.5, 0.6) is 0 Å². The topological polar surface area (TPSA) is 32.5 Å². The van der Waals surface area contributed by atoms with Gasteiger partial charge in [-0.3, -0.25) is 9.80 Å². The summed E-state index contributed by atoms with van der Waals surface area (Å²) < 4.78 is 0. The normalized spacial score (nSPS) is 40.0. The zero-order valence-corrected chi connectivity index (χ0v) is 12.4. The van der Waals surface area contributed by atoms with Gasteiger partial charge in [0.25, 0.3) is 0 Å². The molecule has 1 heterocycles. The Morgan fingerprint density at radius 2 is 1.94 bits per heavy atom. The van der Waals surface area contributed by atoms with Crippen molar-refractivity contribution < 1.29 is 0 Å². The van der Waals surface area contributed by atoms with Crippen molar-refractivity contribution in [1.29, 1.82) is 0 Å². The minimum atomic E-state index is 0.708. The monoisotopic (exact) mass is 253 g/mol. The molecular formula is C15H31N3. The van der Waals surface area contributed by atoms with Crippen molar-refractivity contribution in [2.75, 3.05) is 32.7 Å². The number of nitrogens with two attached hydrogens (primary N) is 1. The predicted molar refractivity (Wildman–Crippen MR) is 77.6 cm³/mol.